The van der Waals surface area contributed by atoms with Crippen LogP contribution in [0.1, 0.15) is 73.5 Å². The molecule has 3 aromatic rings. The summed E-state index contributed by atoms with van der Waals surface area (Å²) in [5, 5.41) is 10.0. The van der Waals surface area contributed by atoms with E-state index in [-0.39, 0.29) is 11.2 Å². The number of aryl methyl sites for hydroxylation is 1. The van der Waals surface area contributed by atoms with Crippen LogP contribution in [-0.4, -0.2) is 24.2 Å². The average Bonchev–Trinajstić information content (AvgIpc) is 2.82. The zero-order valence-electron chi connectivity index (χ0n) is 19.8. The van der Waals surface area contributed by atoms with Gasteiger partial charge in [0.2, 0.25) is 0 Å². The zero-order valence-corrected chi connectivity index (χ0v) is 19.8. The Kier molecular flexibility index (Phi) is 8.47. The number of rotatable bonds is 11. The lowest BCUT2D eigenvalue weighted by Crippen LogP contribution is -2.25. The quantitative estimate of drug-likeness (QED) is 0.334. The van der Waals surface area contributed by atoms with E-state index in [2.05, 4.69) is 30.9 Å². The Bertz CT molecular complexity index is 1170. The number of benzene rings is 2. The zero-order chi connectivity index (χ0) is 23.8. The van der Waals surface area contributed by atoms with Gasteiger partial charge < -0.3 is 14.4 Å². The van der Waals surface area contributed by atoms with Gasteiger partial charge in [0.15, 0.2) is 0 Å². The average molecular weight is 448 g/mol. The summed E-state index contributed by atoms with van der Waals surface area (Å²) in [5.74, 6) is -0.962. The fraction of sp³-hybridized carbons (Fsp3) is 0.357. The third-order valence-corrected chi connectivity index (χ3v) is 5.92. The molecule has 0 aliphatic heterocycles. The van der Waals surface area contributed by atoms with E-state index in [4.69, 9.17) is 9.52 Å². The lowest BCUT2D eigenvalue weighted by atomic mass is 10.0. The molecule has 1 heterocycles. The Labute approximate surface area is 195 Å². The molecular formula is C28H33NO4. The van der Waals surface area contributed by atoms with Gasteiger partial charge >= 0.3 is 11.6 Å². The van der Waals surface area contributed by atoms with E-state index in [1.54, 1.807) is 30.3 Å². The standard InChI is InChI=1S/C28H33NO4/c1-4-7-17-29(18-8-5-2)22-14-16-24-23(6-3)25(28(32)33-26(24)19-22)15-11-20-9-12-21(13-10-20)27(30)31/h9-16,19H,4-8,17-18H2,1-3H3,(H,30,31)/b15-11+. The van der Waals surface area contributed by atoms with Gasteiger partial charge in [-0.2, -0.15) is 0 Å². The van der Waals surface area contributed by atoms with E-state index in [9.17, 15) is 9.59 Å². The van der Waals surface area contributed by atoms with Gasteiger partial charge in [0.05, 0.1) is 11.1 Å². The van der Waals surface area contributed by atoms with Crippen LogP contribution in [0.4, 0.5) is 5.69 Å². The molecule has 174 valence electrons. The molecule has 0 spiro atoms. The number of hydrogen-bond acceptors (Lipinski definition) is 4. The SMILES string of the molecule is CCCCN(CCCC)c1ccc2c(CC)c(/C=C/c3ccc(C(=O)O)cc3)c(=O)oc2c1. The van der Waals surface area contributed by atoms with Crippen LogP contribution in [0.25, 0.3) is 23.1 Å². The monoisotopic (exact) mass is 447 g/mol. The van der Waals surface area contributed by atoms with Crippen molar-refractivity contribution in [1.82, 2.24) is 0 Å². The number of carboxylic acids is 1. The van der Waals surface area contributed by atoms with Crippen molar-refractivity contribution in [2.45, 2.75) is 52.9 Å². The summed E-state index contributed by atoms with van der Waals surface area (Å²) in [5.41, 5.74) is 3.90. The maximum atomic E-state index is 12.9. The van der Waals surface area contributed by atoms with Gasteiger partial charge in [0.1, 0.15) is 5.58 Å². The highest BCUT2D eigenvalue weighted by molar-refractivity contribution is 5.89. The second-order valence-corrected chi connectivity index (χ2v) is 8.27. The number of unbranched alkanes of at least 4 members (excludes halogenated alkanes) is 2. The van der Waals surface area contributed by atoms with E-state index in [1.807, 2.05) is 19.1 Å². The Morgan fingerprint density at radius 2 is 1.64 bits per heavy atom. The van der Waals surface area contributed by atoms with Gasteiger partial charge in [-0.05, 0) is 60.7 Å². The van der Waals surface area contributed by atoms with Crippen LogP contribution in [-0.2, 0) is 6.42 Å². The van der Waals surface area contributed by atoms with Crippen molar-refractivity contribution in [2.24, 2.45) is 0 Å². The third-order valence-electron chi connectivity index (χ3n) is 5.92. The van der Waals surface area contributed by atoms with Crippen molar-refractivity contribution >= 4 is 34.8 Å². The highest BCUT2D eigenvalue weighted by atomic mass is 16.4. The Balaban J connectivity index is 1.97. The van der Waals surface area contributed by atoms with Gasteiger partial charge in [-0.15, -0.1) is 0 Å². The van der Waals surface area contributed by atoms with Crippen molar-refractivity contribution in [2.75, 3.05) is 18.0 Å². The number of carboxylic acid groups (broad SMARTS) is 1. The molecule has 0 fully saturated rings. The number of carbonyl (C=O) groups is 1. The van der Waals surface area contributed by atoms with Gasteiger partial charge in [-0.25, -0.2) is 9.59 Å². The Hall–Kier alpha value is -3.34. The van der Waals surface area contributed by atoms with Crippen LogP contribution < -0.4 is 10.5 Å². The predicted octanol–water partition coefficient (Wildman–Crippen LogP) is 6.63. The molecule has 0 amide bonds. The summed E-state index contributed by atoms with van der Waals surface area (Å²) in [6.07, 6.45) is 8.82. The summed E-state index contributed by atoms with van der Waals surface area (Å²) in [6.45, 7) is 8.42. The Morgan fingerprint density at radius 3 is 2.21 bits per heavy atom. The normalized spacial score (nSPS) is 11.4. The first-order chi connectivity index (χ1) is 16.0. The van der Waals surface area contributed by atoms with Crippen LogP contribution in [0.2, 0.25) is 0 Å². The first-order valence-corrected chi connectivity index (χ1v) is 11.8. The minimum atomic E-state index is -0.962. The molecular weight excluding hydrogens is 414 g/mol. The topological polar surface area (TPSA) is 70.8 Å². The first-order valence-electron chi connectivity index (χ1n) is 11.8. The summed E-state index contributed by atoms with van der Waals surface area (Å²) >= 11 is 0. The molecule has 1 aromatic heterocycles. The molecule has 33 heavy (non-hydrogen) atoms. The number of hydrogen-bond donors (Lipinski definition) is 1. The van der Waals surface area contributed by atoms with E-state index >= 15 is 0 Å². The highest BCUT2D eigenvalue weighted by Gasteiger charge is 2.14. The van der Waals surface area contributed by atoms with E-state index < -0.39 is 5.97 Å². The molecule has 3 rings (SSSR count). The summed E-state index contributed by atoms with van der Waals surface area (Å²) < 4.78 is 5.76. The molecule has 0 unspecified atom stereocenters. The Morgan fingerprint density at radius 1 is 0.970 bits per heavy atom. The van der Waals surface area contributed by atoms with Crippen molar-refractivity contribution in [1.29, 1.82) is 0 Å². The molecule has 5 nitrogen and oxygen atoms in total. The summed E-state index contributed by atoms with van der Waals surface area (Å²) in [7, 11) is 0. The molecule has 0 saturated heterocycles. The number of fused-ring (bicyclic) bond motifs is 1. The molecule has 0 radical (unpaired) electrons. The number of aromatic carboxylic acids is 1. The van der Waals surface area contributed by atoms with E-state index in [0.29, 0.717) is 17.6 Å². The van der Waals surface area contributed by atoms with Gasteiger partial charge in [-0.3, -0.25) is 0 Å². The molecule has 1 N–H and O–H groups in total. The van der Waals surface area contributed by atoms with Gasteiger partial charge in [0.25, 0.3) is 0 Å². The van der Waals surface area contributed by atoms with Crippen molar-refractivity contribution in [3.05, 3.63) is 75.1 Å². The molecule has 2 aromatic carbocycles. The molecule has 0 bridgehead atoms. The minimum Gasteiger partial charge on any atom is -0.478 e. The maximum Gasteiger partial charge on any atom is 0.343 e. The van der Waals surface area contributed by atoms with E-state index in [1.165, 1.54) is 0 Å². The lowest BCUT2D eigenvalue weighted by Gasteiger charge is -2.25. The van der Waals surface area contributed by atoms with Crippen LogP contribution >= 0.6 is 0 Å². The minimum absolute atomic E-state index is 0.231. The van der Waals surface area contributed by atoms with Crippen LogP contribution in [0.3, 0.4) is 0 Å². The first kappa shape index (κ1) is 24.3. The number of nitrogens with zero attached hydrogens (tertiary/aromatic N) is 1. The van der Waals surface area contributed by atoms with E-state index in [0.717, 1.165) is 61.0 Å². The largest absolute Gasteiger partial charge is 0.478 e. The highest BCUT2D eigenvalue weighted by Crippen LogP contribution is 2.27. The fourth-order valence-corrected chi connectivity index (χ4v) is 4.00. The fourth-order valence-electron chi connectivity index (χ4n) is 4.00. The van der Waals surface area contributed by atoms with Crippen molar-refractivity contribution in [3.8, 4) is 0 Å². The molecule has 0 saturated carbocycles. The molecule has 0 aliphatic carbocycles. The smallest absolute Gasteiger partial charge is 0.343 e. The maximum absolute atomic E-state index is 12.9. The third kappa shape index (κ3) is 5.92. The molecule has 5 heteroatoms. The molecule has 0 atom stereocenters. The second-order valence-electron chi connectivity index (χ2n) is 8.27. The van der Waals surface area contributed by atoms with Gasteiger partial charge in [-0.1, -0.05) is 51.8 Å². The lowest BCUT2D eigenvalue weighted by molar-refractivity contribution is 0.0697. The second kappa shape index (κ2) is 11.5. The van der Waals surface area contributed by atoms with Crippen LogP contribution in [0.5, 0.6) is 0 Å². The molecule has 0 aliphatic rings. The predicted molar refractivity (Wildman–Crippen MR) is 136 cm³/mol. The summed E-state index contributed by atoms with van der Waals surface area (Å²) in [4.78, 5) is 26.3. The summed E-state index contributed by atoms with van der Waals surface area (Å²) in [6, 6.07) is 12.7. The number of anilines is 1. The van der Waals surface area contributed by atoms with Crippen molar-refractivity contribution < 1.29 is 14.3 Å². The van der Waals surface area contributed by atoms with Crippen LogP contribution in [0.15, 0.2) is 51.7 Å². The van der Waals surface area contributed by atoms with Gasteiger partial charge in [0, 0.05) is 30.2 Å². The van der Waals surface area contributed by atoms with Crippen molar-refractivity contribution in [3.63, 3.8) is 0 Å². The van der Waals surface area contributed by atoms with Crippen LogP contribution in [0, 0.1) is 0 Å².